The molecule has 0 saturated heterocycles. The first-order valence-electron chi connectivity index (χ1n) is 5.86. The van der Waals surface area contributed by atoms with E-state index in [0.717, 1.165) is 0 Å². The molecular formula is C13H14FN3O2. The lowest BCUT2D eigenvalue weighted by Gasteiger charge is -2.08. The second kappa shape index (κ2) is 5.62. The number of hydrogen-bond acceptors (Lipinski definition) is 3. The second-order valence-corrected chi connectivity index (χ2v) is 4.15. The van der Waals surface area contributed by atoms with Crippen molar-refractivity contribution >= 4 is 0 Å². The van der Waals surface area contributed by atoms with Crippen LogP contribution in [0.2, 0.25) is 0 Å². The zero-order valence-corrected chi connectivity index (χ0v) is 10.3. The highest BCUT2D eigenvalue weighted by Gasteiger charge is 2.05. The molecule has 0 spiro atoms. The predicted molar refractivity (Wildman–Crippen MR) is 69.5 cm³/mol. The van der Waals surface area contributed by atoms with Gasteiger partial charge in [-0.05, 0) is 17.7 Å². The minimum absolute atomic E-state index is 0.162. The summed E-state index contributed by atoms with van der Waals surface area (Å²) >= 11 is 0. The Labute approximate surface area is 108 Å². The van der Waals surface area contributed by atoms with Gasteiger partial charge in [-0.15, -0.1) is 0 Å². The summed E-state index contributed by atoms with van der Waals surface area (Å²) in [6.45, 7) is 0.747. The molecule has 6 heteroatoms. The maximum absolute atomic E-state index is 13.0. The average Bonchev–Trinajstić information content (AvgIpc) is 2.39. The normalized spacial score (nSPS) is 10.6. The van der Waals surface area contributed by atoms with Crippen molar-refractivity contribution in [1.82, 2.24) is 9.13 Å². The van der Waals surface area contributed by atoms with Gasteiger partial charge in [-0.2, -0.15) is 0 Å². The highest BCUT2D eigenvalue weighted by molar-refractivity contribution is 5.16. The number of rotatable bonds is 4. The summed E-state index contributed by atoms with van der Waals surface area (Å²) in [7, 11) is 0. The summed E-state index contributed by atoms with van der Waals surface area (Å²) in [5, 5.41) is 0. The number of benzene rings is 1. The number of halogens is 1. The fourth-order valence-electron chi connectivity index (χ4n) is 1.81. The van der Waals surface area contributed by atoms with Gasteiger partial charge >= 0.3 is 11.1 Å². The smallest absolute Gasteiger partial charge is 0.316 e. The Morgan fingerprint density at radius 3 is 2.47 bits per heavy atom. The van der Waals surface area contributed by atoms with Crippen molar-refractivity contribution in [1.29, 1.82) is 0 Å². The van der Waals surface area contributed by atoms with E-state index in [1.165, 1.54) is 33.7 Å². The van der Waals surface area contributed by atoms with Crippen LogP contribution in [-0.4, -0.2) is 15.7 Å². The maximum atomic E-state index is 13.0. The summed E-state index contributed by atoms with van der Waals surface area (Å²) < 4.78 is 15.6. The Bertz CT molecular complexity index is 691. The topological polar surface area (TPSA) is 70.0 Å². The SMILES string of the molecule is NCCn1ccn(Cc2cccc(F)c2)c(=O)c1=O. The van der Waals surface area contributed by atoms with Gasteiger partial charge in [0.2, 0.25) is 0 Å². The van der Waals surface area contributed by atoms with Crippen LogP contribution < -0.4 is 16.9 Å². The Hall–Kier alpha value is -2.21. The van der Waals surface area contributed by atoms with Gasteiger partial charge in [0.15, 0.2) is 0 Å². The average molecular weight is 263 g/mol. The van der Waals surface area contributed by atoms with Gasteiger partial charge in [0.05, 0.1) is 6.54 Å². The van der Waals surface area contributed by atoms with E-state index in [2.05, 4.69) is 0 Å². The van der Waals surface area contributed by atoms with Gasteiger partial charge in [0.25, 0.3) is 0 Å². The van der Waals surface area contributed by atoms with E-state index in [1.54, 1.807) is 12.1 Å². The van der Waals surface area contributed by atoms with Crippen LogP contribution in [0.3, 0.4) is 0 Å². The molecule has 0 saturated carbocycles. The largest absolute Gasteiger partial charge is 0.329 e. The zero-order chi connectivity index (χ0) is 13.8. The van der Waals surface area contributed by atoms with Crippen LogP contribution >= 0.6 is 0 Å². The first kappa shape index (κ1) is 13.2. The molecular weight excluding hydrogens is 249 g/mol. The quantitative estimate of drug-likeness (QED) is 0.799. The molecule has 0 amide bonds. The van der Waals surface area contributed by atoms with E-state index in [4.69, 9.17) is 5.73 Å². The number of nitrogens with zero attached hydrogens (tertiary/aromatic N) is 2. The minimum atomic E-state index is -0.639. The molecule has 5 nitrogen and oxygen atoms in total. The summed E-state index contributed by atoms with van der Waals surface area (Å²) in [6, 6.07) is 5.91. The Morgan fingerprint density at radius 1 is 1.11 bits per heavy atom. The second-order valence-electron chi connectivity index (χ2n) is 4.15. The van der Waals surface area contributed by atoms with E-state index in [-0.39, 0.29) is 18.9 Å². The van der Waals surface area contributed by atoms with Crippen LogP contribution in [-0.2, 0) is 13.1 Å². The molecule has 0 bridgehead atoms. The molecule has 0 fully saturated rings. The van der Waals surface area contributed by atoms with E-state index in [0.29, 0.717) is 12.1 Å². The third-order valence-electron chi connectivity index (χ3n) is 2.74. The molecule has 1 heterocycles. The van der Waals surface area contributed by atoms with Crippen molar-refractivity contribution in [3.05, 3.63) is 68.7 Å². The van der Waals surface area contributed by atoms with E-state index in [1.807, 2.05) is 0 Å². The summed E-state index contributed by atoms with van der Waals surface area (Å²) in [4.78, 5) is 23.6. The van der Waals surface area contributed by atoms with Crippen LogP contribution in [0.5, 0.6) is 0 Å². The predicted octanol–water partition coefficient (Wildman–Crippen LogP) is 0.156. The zero-order valence-electron chi connectivity index (χ0n) is 10.3. The standard InChI is InChI=1S/C13H14FN3O2/c14-11-3-1-2-10(8-11)9-17-7-6-16(5-4-15)12(18)13(17)19/h1-3,6-8H,4-5,9,15H2. The monoisotopic (exact) mass is 263 g/mol. The maximum Gasteiger partial charge on any atom is 0.316 e. The molecule has 0 aliphatic carbocycles. The molecule has 0 atom stereocenters. The van der Waals surface area contributed by atoms with Crippen LogP contribution in [0.25, 0.3) is 0 Å². The van der Waals surface area contributed by atoms with Gasteiger partial charge in [-0.3, -0.25) is 9.59 Å². The number of nitrogens with two attached hydrogens (primary N) is 1. The molecule has 0 radical (unpaired) electrons. The van der Waals surface area contributed by atoms with E-state index < -0.39 is 11.1 Å². The fraction of sp³-hybridized carbons (Fsp3) is 0.231. The highest BCUT2D eigenvalue weighted by Crippen LogP contribution is 2.04. The Morgan fingerprint density at radius 2 is 1.79 bits per heavy atom. The third kappa shape index (κ3) is 2.97. The van der Waals surface area contributed by atoms with Gasteiger partial charge in [-0.1, -0.05) is 12.1 Å². The molecule has 0 aliphatic rings. The lowest BCUT2D eigenvalue weighted by molar-refractivity contribution is 0.614. The van der Waals surface area contributed by atoms with E-state index >= 15 is 0 Å². The van der Waals surface area contributed by atoms with Gasteiger partial charge in [0.1, 0.15) is 5.82 Å². The van der Waals surface area contributed by atoms with Crippen molar-refractivity contribution in [3.8, 4) is 0 Å². The summed E-state index contributed by atoms with van der Waals surface area (Å²) in [5.41, 5.74) is 4.71. The molecule has 0 aliphatic heterocycles. The fourth-order valence-corrected chi connectivity index (χ4v) is 1.81. The number of aromatic nitrogens is 2. The summed E-state index contributed by atoms with van der Waals surface area (Å²) in [5.74, 6) is -0.373. The van der Waals surface area contributed by atoms with Crippen LogP contribution in [0.4, 0.5) is 4.39 Å². The molecule has 2 rings (SSSR count). The van der Waals surface area contributed by atoms with Gasteiger partial charge < -0.3 is 14.9 Å². The number of hydrogen-bond donors (Lipinski definition) is 1. The van der Waals surface area contributed by atoms with Crippen molar-refractivity contribution in [2.24, 2.45) is 5.73 Å². The first-order chi connectivity index (χ1) is 9.11. The molecule has 1 aromatic heterocycles. The van der Waals surface area contributed by atoms with Crippen molar-refractivity contribution in [2.75, 3.05) is 6.54 Å². The molecule has 1 aromatic carbocycles. The van der Waals surface area contributed by atoms with Crippen molar-refractivity contribution < 1.29 is 4.39 Å². The lowest BCUT2D eigenvalue weighted by Crippen LogP contribution is -2.41. The van der Waals surface area contributed by atoms with Crippen LogP contribution in [0.15, 0.2) is 46.2 Å². The molecule has 0 unspecified atom stereocenters. The van der Waals surface area contributed by atoms with E-state index in [9.17, 15) is 14.0 Å². The van der Waals surface area contributed by atoms with Crippen molar-refractivity contribution in [3.63, 3.8) is 0 Å². The molecule has 2 N–H and O–H groups in total. The molecule has 100 valence electrons. The van der Waals surface area contributed by atoms with Crippen molar-refractivity contribution in [2.45, 2.75) is 13.1 Å². The third-order valence-corrected chi connectivity index (χ3v) is 2.74. The molecule has 2 aromatic rings. The lowest BCUT2D eigenvalue weighted by atomic mass is 10.2. The highest BCUT2D eigenvalue weighted by atomic mass is 19.1. The van der Waals surface area contributed by atoms with Crippen LogP contribution in [0, 0.1) is 5.82 Å². The minimum Gasteiger partial charge on any atom is -0.329 e. The van der Waals surface area contributed by atoms with Gasteiger partial charge in [0, 0.05) is 25.5 Å². The molecule has 19 heavy (non-hydrogen) atoms. The Kier molecular flexibility index (Phi) is 3.91. The Balaban J connectivity index is 2.34. The van der Waals surface area contributed by atoms with Crippen LogP contribution in [0.1, 0.15) is 5.56 Å². The summed E-state index contributed by atoms with van der Waals surface area (Å²) in [6.07, 6.45) is 3.01. The first-order valence-corrected chi connectivity index (χ1v) is 5.86. The van der Waals surface area contributed by atoms with Gasteiger partial charge in [-0.25, -0.2) is 4.39 Å².